The van der Waals surface area contributed by atoms with Gasteiger partial charge in [-0.1, -0.05) is 0 Å². The van der Waals surface area contributed by atoms with Gasteiger partial charge in [-0.2, -0.15) is 8.42 Å². The SMILES string of the molecule is O=S([O-])c1cc(NO)c(O)c(S(=O)(=O)O)c1. The lowest BCUT2D eigenvalue weighted by atomic mass is 10.3. The van der Waals surface area contributed by atoms with Crippen LogP contribution in [0.3, 0.4) is 0 Å². The Morgan fingerprint density at radius 2 is 1.94 bits per heavy atom. The summed E-state index contributed by atoms with van der Waals surface area (Å²) in [5.41, 5.74) is 0.843. The molecule has 4 N–H and O–H groups in total. The third-order valence-corrected chi connectivity index (χ3v) is 3.13. The Kier molecular flexibility index (Phi) is 3.50. The van der Waals surface area contributed by atoms with E-state index in [1.165, 1.54) is 5.48 Å². The second kappa shape index (κ2) is 4.35. The fourth-order valence-electron chi connectivity index (χ4n) is 0.961. The van der Waals surface area contributed by atoms with Crippen molar-refractivity contribution in [1.29, 1.82) is 0 Å². The summed E-state index contributed by atoms with van der Waals surface area (Å²) >= 11 is -2.78. The number of rotatable bonds is 3. The van der Waals surface area contributed by atoms with Crippen molar-refractivity contribution in [3.05, 3.63) is 12.1 Å². The van der Waals surface area contributed by atoms with E-state index in [0.29, 0.717) is 6.07 Å². The summed E-state index contributed by atoms with van der Waals surface area (Å²) in [7, 11) is -4.80. The van der Waals surface area contributed by atoms with Gasteiger partial charge in [-0.3, -0.25) is 19.4 Å². The maximum atomic E-state index is 10.8. The van der Waals surface area contributed by atoms with E-state index >= 15 is 0 Å². The summed E-state index contributed by atoms with van der Waals surface area (Å²) in [6, 6.07) is 1.34. The van der Waals surface area contributed by atoms with Crippen molar-refractivity contribution in [2.45, 2.75) is 9.79 Å². The van der Waals surface area contributed by atoms with Gasteiger partial charge in [0.15, 0.2) is 5.75 Å². The van der Waals surface area contributed by atoms with Crippen molar-refractivity contribution >= 4 is 26.9 Å². The lowest BCUT2D eigenvalue weighted by Crippen LogP contribution is -2.03. The number of phenols is 1. The minimum Gasteiger partial charge on any atom is -0.768 e. The molecule has 0 fully saturated rings. The van der Waals surface area contributed by atoms with E-state index in [9.17, 15) is 22.3 Å². The number of hydrogen-bond acceptors (Lipinski definition) is 7. The Bertz CT molecular complexity index is 538. The summed E-state index contributed by atoms with van der Waals surface area (Å²) in [6.45, 7) is 0. The first kappa shape index (κ1) is 12.9. The van der Waals surface area contributed by atoms with Crippen LogP contribution in [0.15, 0.2) is 21.9 Å². The molecule has 0 saturated heterocycles. The van der Waals surface area contributed by atoms with Crippen molar-refractivity contribution < 1.29 is 32.0 Å². The van der Waals surface area contributed by atoms with Crippen LogP contribution in [0.25, 0.3) is 0 Å². The monoisotopic (exact) mass is 268 g/mol. The summed E-state index contributed by atoms with van der Waals surface area (Å²) in [5, 5.41) is 17.8. The average Bonchev–Trinajstić information content (AvgIpc) is 2.15. The van der Waals surface area contributed by atoms with Crippen LogP contribution in [-0.4, -0.2) is 32.0 Å². The third kappa shape index (κ3) is 2.48. The van der Waals surface area contributed by atoms with Crippen LogP contribution >= 0.6 is 0 Å². The molecule has 0 spiro atoms. The number of aromatic hydroxyl groups is 1. The molecule has 10 heteroatoms. The lowest BCUT2D eigenvalue weighted by Gasteiger charge is -2.11. The molecule has 8 nitrogen and oxygen atoms in total. The molecule has 0 aliphatic heterocycles. The van der Waals surface area contributed by atoms with Crippen molar-refractivity contribution in [3.63, 3.8) is 0 Å². The molecule has 0 heterocycles. The molecule has 0 saturated carbocycles. The zero-order valence-corrected chi connectivity index (χ0v) is 9.08. The molecule has 0 aliphatic carbocycles. The van der Waals surface area contributed by atoms with Crippen LogP contribution in [0.4, 0.5) is 5.69 Å². The van der Waals surface area contributed by atoms with E-state index in [1.54, 1.807) is 0 Å². The van der Waals surface area contributed by atoms with Crippen LogP contribution in [0.2, 0.25) is 0 Å². The van der Waals surface area contributed by atoms with Gasteiger partial charge in [0.2, 0.25) is 0 Å². The maximum absolute atomic E-state index is 10.8. The van der Waals surface area contributed by atoms with E-state index in [4.69, 9.17) is 9.76 Å². The zero-order chi connectivity index (χ0) is 12.5. The fourth-order valence-corrected chi connectivity index (χ4v) is 2.09. The molecule has 1 atom stereocenters. The second-order valence-electron chi connectivity index (χ2n) is 2.64. The molecule has 90 valence electrons. The minimum absolute atomic E-state index is 0.526. The van der Waals surface area contributed by atoms with Crippen LogP contribution in [-0.2, 0) is 21.2 Å². The Hall–Kier alpha value is -1.20. The Morgan fingerprint density at radius 3 is 2.31 bits per heavy atom. The maximum Gasteiger partial charge on any atom is 0.298 e. The summed E-state index contributed by atoms with van der Waals surface area (Å²) < 4.78 is 51.4. The smallest absolute Gasteiger partial charge is 0.298 e. The highest BCUT2D eigenvalue weighted by Gasteiger charge is 2.20. The zero-order valence-electron chi connectivity index (χ0n) is 7.45. The molecule has 0 amide bonds. The fraction of sp³-hybridized carbons (Fsp3) is 0. The van der Waals surface area contributed by atoms with Gasteiger partial charge in [0, 0.05) is 4.90 Å². The van der Waals surface area contributed by atoms with Gasteiger partial charge in [0.05, 0.1) is 0 Å². The highest BCUT2D eigenvalue weighted by atomic mass is 32.2. The quantitative estimate of drug-likeness (QED) is 0.252. The van der Waals surface area contributed by atoms with E-state index in [2.05, 4.69) is 0 Å². The van der Waals surface area contributed by atoms with E-state index in [-0.39, 0.29) is 0 Å². The van der Waals surface area contributed by atoms with Crippen LogP contribution in [0.1, 0.15) is 0 Å². The van der Waals surface area contributed by atoms with Gasteiger partial charge in [-0.25, -0.2) is 0 Å². The molecule has 0 aliphatic rings. The Labute approximate surface area is 92.5 Å². The van der Waals surface area contributed by atoms with Crippen molar-refractivity contribution in [2.75, 3.05) is 5.48 Å². The van der Waals surface area contributed by atoms with Crippen molar-refractivity contribution in [1.82, 2.24) is 0 Å². The predicted molar refractivity (Wildman–Crippen MR) is 50.5 cm³/mol. The van der Waals surface area contributed by atoms with Crippen molar-refractivity contribution in [2.24, 2.45) is 0 Å². The summed E-state index contributed by atoms with van der Waals surface area (Å²) in [6.07, 6.45) is 0. The van der Waals surface area contributed by atoms with Gasteiger partial charge in [0.1, 0.15) is 10.6 Å². The first-order valence-corrected chi connectivity index (χ1v) is 6.12. The van der Waals surface area contributed by atoms with Crippen LogP contribution in [0.5, 0.6) is 5.75 Å². The predicted octanol–water partition coefficient (Wildman–Crippen LogP) is -0.322. The highest BCUT2D eigenvalue weighted by molar-refractivity contribution is 7.86. The van der Waals surface area contributed by atoms with Crippen molar-refractivity contribution in [3.8, 4) is 5.75 Å². The number of anilines is 1. The highest BCUT2D eigenvalue weighted by Crippen LogP contribution is 2.33. The van der Waals surface area contributed by atoms with E-state index in [1.807, 2.05) is 0 Å². The van der Waals surface area contributed by atoms with Gasteiger partial charge >= 0.3 is 0 Å². The largest absolute Gasteiger partial charge is 0.768 e. The van der Waals surface area contributed by atoms with Crippen LogP contribution in [0, 0.1) is 0 Å². The van der Waals surface area contributed by atoms with E-state index < -0.39 is 42.4 Å². The van der Waals surface area contributed by atoms with Gasteiger partial charge in [0.25, 0.3) is 10.1 Å². The van der Waals surface area contributed by atoms with Crippen LogP contribution < -0.4 is 5.48 Å². The minimum atomic E-state index is -4.80. The van der Waals surface area contributed by atoms with Gasteiger partial charge in [-0.05, 0) is 23.2 Å². The van der Waals surface area contributed by atoms with E-state index in [0.717, 1.165) is 6.07 Å². The average molecular weight is 268 g/mol. The molecule has 1 unspecified atom stereocenters. The third-order valence-electron chi connectivity index (χ3n) is 1.64. The second-order valence-corrected chi connectivity index (χ2v) is 4.97. The number of phenolic OH excluding ortho intramolecular Hbond substituents is 1. The first-order valence-electron chi connectivity index (χ1n) is 3.61. The molecule has 0 bridgehead atoms. The normalized spacial score (nSPS) is 13.4. The Morgan fingerprint density at radius 1 is 1.38 bits per heavy atom. The van der Waals surface area contributed by atoms with Gasteiger partial charge in [-0.15, -0.1) is 0 Å². The molecule has 0 aromatic heterocycles. The Balaban J connectivity index is 3.61. The molecule has 1 aromatic rings. The first-order chi connectivity index (χ1) is 7.27. The number of hydrogen-bond donors (Lipinski definition) is 4. The molecule has 1 rings (SSSR count). The molecule has 1 aromatic carbocycles. The summed E-state index contributed by atoms with van der Waals surface area (Å²) in [5.74, 6) is -0.987. The number of nitrogens with one attached hydrogen (secondary N) is 1. The summed E-state index contributed by atoms with van der Waals surface area (Å²) in [4.78, 5) is -1.55. The molecule has 16 heavy (non-hydrogen) atoms. The van der Waals surface area contributed by atoms with Gasteiger partial charge < -0.3 is 9.66 Å². The molecular weight excluding hydrogens is 262 g/mol. The molecule has 0 radical (unpaired) electrons. The lowest BCUT2D eigenvalue weighted by molar-refractivity contribution is 0.378. The molecular formula is C6H6NO7S2-. The topological polar surface area (TPSA) is 147 Å². The standard InChI is InChI=1S/C6H7NO7S2/c8-6-4(7-9)1-3(15(10)11)2-5(6)16(12,13)14/h1-2,7-9H,(H,10,11)(H,12,13,14)/p-1. The number of benzene rings is 1.